The zero-order valence-electron chi connectivity index (χ0n) is 7.85. The van der Waals surface area contributed by atoms with Gasteiger partial charge in [-0.1, -0.05) is 0 Å². The van der Waals surface area contributed by atoms with Gasteiger partial charge >= 0.3 is 0 Å². The summed E-state index contributed by atoms with van der Waals surface area (Å²) in [4.78, 5) is 0. The van der Waals surface area contributed by atoms with Gasteiger partial charge in [0.2, 0.25) is 0 Å². The molecule has 1 aromatic heterocycles. The Morgan fingerprint density at radius 3 is 2.62 bits per heavy atom. The summed E-state index contributed by atoms with van der Waals surface area (Å²) in [6, 6.07) is 0. The van der Waals surface area contributed by atoms with Gasteiger partial charge in [-0.2, -0.15) is 0 Å². The highest BCUT2D eigenvalue weighted by molar-refractivity contribution is 4.97. The molecule has 1 aliphatic rings. The van der Waals surface area contributed by atoms with Crippen molar-refractivity contribution in [3.63, 3.8) is 0 Å². The molecule has 1 saturated carbocycles. The normalized spacial score (nSPS) is 29.1. The molecule has 1 fully saturated rings. The van der Waals surface area contributed by atoms with Gasteiger partial charge in [-0.05, 0) is 25.7 Å². The standard InChI is InChI=1S/C9H15N3O/c1-12-6-10-11-9(12)7-2-4-8(13)5-3-7/h6-8,13H,2-5H2,1H3. The number of rotatable bonds is 1. The minimum Gasteiger partial charge on any atom is -0.393 e. The van der Waals surface area contributed by atoms with E-state index >= 15 is 0 Å². The molecule has 0 unspecified atom stereocenters. The second-order valence-electron chi connectivity index (χ2n) is 3.81. The zero-order valence-corrected chi connectivity index (χ0v) is 7.85. The highest BCUT2D eigenvalue weighted by Gasteiger charge is 2.23. The number of aryl methyl sites for hydroxylation is 1. The first kappa shape index (κ1) is 8.69. The minimum absolute atomic E-state index is 0.0931. The number of hydrogen-bond donors (Lipinski definition) is 1. The van der Waals surface area contributed by atoms with Crippen molar-refractivity contribution in [3.8, 4) is 0 Å². The van der Waals surface area contributed by atoms with Crippen LogP contribution in [0.5, 0.6) is 0 Å². The van der Waals surface area contributed by atoms with Gasteiger partial charge in [0.15, 0.2) is 0 Å². The molecule has 0 amide bonds. The van der Waals surface area contributed by atoms with Crippen LogP contribution in [0.25, 0.3) is 0 Å². The fourth-order valence-electron chi connectivity index (χ4n) is 2.00. The molecule has 4 nitrogen and oxygen atoms in total. The van der Waals surface area contributed by atoms with Crippen LogP contribution >= 0.6 is 0 Å². The maximum Gasteiger partial charge on any atom is 0.135 e. The first-order valence-electron chi connectivity index (χ1n) is 4.79. The maximum atomic E-state index is 9.35. The number of aromatic nitrogens is 3. The van der Waals surface area contributed by atoms with E-state index in [-0.39, 0.29) is 6.10 Å². The summed E-state index contributed by atoms with van der Waals surface area (Å²) in [6.45, 7) is 0. The van der Waals surface area contributed by atoms with Crippen molar-refractivity contribution in [2.24, 2.45) is 7.05 Å². The summed E-state index contributed by atoms with van der Waals surface area (Å²) in [7, 11) is 1.97. The Bertz CT molecular complexity index is 276. The van der Waals surface area contributed by atoms with E-state index in [1.165, 1.54) is 0 Å². The van der Waals surface area contributed by atoms with E-state index in [1.807, 2.05) is 11.6 Å². The Hall–Kier alpha value is -0.900. The highest BCUT2D eigenvalue weighted by atomic mass is 16.3. The second kappa shape index (κ2) is 3.46. The van der Waals surface area contributed by atoms with Crippen molar-refractivity contribution < 1.29 is 5.11 Å². The summed E-state index contributed by atoms with van der Waals surface area (Å²) in [6.07, 6.45) is 5.51. The van der Waals surface area contributed by atoms with Crippen molar-refractivity contribution in [3.05, 3.63) is 12.2 Å². The minimum atomic E-state index is -0.0931. The van der Waals surface area contributed by atoms with Gasteiger partial charge in [0.05, 0.1) is 6.10 Å². The Balaban J connectivity index is 2.06. The quantitative estimate of drug-likeness (QED) is 0.698. The first-order chi connectivity index (χ1) is 6.27. The molecule has 4 heteroatoms. The lowest BCUT2D eigenvalue weighted by atomic mass is 9.87. The fraction of sp³-hybridized carbons (Fsp3) is 0.778. The van der Waals surface area contributed by atoms with Crippen molar-refractivity contribution >= 4 is 0 Å². The SMILES string of the molecule is Cn1cnnc1C1CCC(O)CC1. The topological polar surface area (TPSA) is 50.9 Å². The van der Waals surface area contributed by atoms with E-state index in [4.69, 9.17) is 0 Å². The van der Waals surface area contributed by atoms with Crippen LogP contribution in [0.15, 0.2) is 6.33 Å². The van der Waals surface area contributed by atoms with Crippen molar-refractivity contribution in [1.29, 1.82) is 0 Å². The molecular weight excluding hydrogens is 166 g/mol. The molecule has 0 aromatic carbocycles. The van der Waals surface area contributed by atoms with E-state index in [0.717, 1.165) is 31.5 Å². The Kier molecular flexibility index (Phi) is 2.31. The lowest BCUT2D eigenvalue weighted by molar-refractivity contribution is 0.121. The lowest BCUT2D eigenvalue weighted by Gasteiger charge is -2.24. The summed E-state index contributed by atoms with van der Waals surface area (Å²) in [5.74, 6) is 1.56. The van der Waals surface area contributed by atoms with E-state index in [9.17, 15) is 5.11 Å². The number of hydrogen-bond acceptors (Lipinski definition) is 3. The monoisotopic (exact) mass is 181 g/mol. The van der Waals surface area contributed by atoms with Crippen LogP contribution in [-0.4, -0.2) is 26.0 Å². The third-order valence-corrected chi connectivity index (χ3v) is 2.81. The molecule has 2 rings (SSSR count). The molecule has 72 valence electrons. The maximum absolute atomic E-state index is 9.35. The van der Waals surface area contributed by atoms with Crippen LogP contribution in [0.3, 0.4) is 0 Å². The summed E-state index contributed by atoms with van der Waals surface area (Å²) < 4.78 is 1.97. The Morgan fingerprint density at radius 2 is 2.08 bits per heavy atom. The third-order valence-electron chi connectivity index (χ3n) is 2.81. The Morgan fingerprint density at radius 1 is 1.38 bits per heavy atom. The second-order valence-corrected chi connectivity index (χ2v) is 3.81. The van der Waals surface area contributed by atoms with Gasteiger partial charge in [0.25, 0.3) is 0 Å². The van der Waals surface area contributed by atoms with Gasteiger partial charge in [0, 0.05) is 13.0 Å². The zero-order chi connectivity index (χ0) is 9.26. The molecule has 0 bridgehead atoms. The molecule has 0 spiro atoms. The molecule has 0 atom stereocenters. The van der Waals surface area contributed by atoms with E-state index in [2.05, 4.69) is 10.2 Å². The summed E-state index contributed by atoms with van der Waals surface area (Å²) >= 11 is 0. The predicted molar refractivity (Wildman–Crippen MR) is 48.2 cm³/mol. The van der Waals surface area contributed by atoms with Crippen LogP contribution in [0, 0.1) is 0 Å². The molecule has 0 radical (unpaired) electrons. The molecular formula is C9H15N3O. The van der Waals surface area contributed by atoms with Crippen LogP contribution in [-0.2, 0) is 7.05 Å². The average Bonchev–Trinajstić information content (AvgIpc) is 2.53. The summed E-state index contributed by atoms with van der Waals surface area (Å²) in [5.41, 5.74) is 0. The average molecular weight is 181 g/mol. The van der Waals surface area contributed by atoms with Gasteiger partial charge in [-0.3, -0.25) is 0 Å². The highest BCUT2D eigenvalue weighted by Crippen LogP contribution is 2.31. The van der Waals surface area contributed by atoms with Crippen LogP contribution in [0.1, 0.15) is 37.4 Å². The molecule has 0 aliphatic heterocycles. The van der Waals surface area contributed by atoms with Gasteiger partial charge < -0.3 is 9.67 Å². The smallest absolute Gasteiger partial charge is 0.135 e. The lowest BCUT2D eigenvalue weighted by Crippen LogP contribution is -2.19. The van der Waals surface area contributed by atoms with Crippen LogP contribution in [0.2, 0.25) is 0 Å². The van der Waals surface area contributed by atoms with E-state index in [1.54, 1.807) is 6.33 Å². The number of aliphatic hydroxyl groups is 1. The molecule has 1 N–H and O–H groups in total. The van der Waals surface area contributed by atoms with Crippen molar-refractivity contribution in [2.75, 3.05) is 0 Å². The number of aliphatic hydroxyl groups excluding tert-OH is 1. The predicted octanol–water partition coefficient (Wildman–Crippen LogP) is 0.834. The largest absolute Gasteiger partial charge is 0.393 e. The fourth-order valence-corrected chi connectivity index (χ4v) is 2.00. The number of nitrogens with zero attached hydrogens (tertiary/aromatic N) is 3. The van der Waals surface area contributed by atoms with Gasteiger partial charge in [-0.25, -0.2) is 0 Å². The van der Waals surface area contributed by atoms with Gasteiger partial charge in [-0.15, -0.1) is 10.2 Å². The molecule has 0 saturated heterocycles. The molecule has 1 aliphatic carbocycles. The molecule has 13 heavy (non-hydrogen) atoms. The molecule has 1 heterocycles. The van der Waals surface area contributed by atoms with Crippen LogP contribution < -0.4 is 0 Å². The third kappa shape index (κ3) is 1.72. The first-order valence-corrected chi connectivity index (χ1v) is 4.79. The van der Waals surface area contributed by atoms with Crippen LogP contribution in [0.4, 0.5) is 0 Å². The summed E-state index contributed by atoms with van der Waals surface area (Å²) in [5, 5.41) is 17.3. The van der Waals surface area contributed by atoms with Crippen molar-refractivity contribution in [1.82, 2.24) is 14.8 Å². The molecule has 1 aromatic rings. The van der Waals surface area contributed by atoms with Crippen molar-refractivity contribution in [2.45, 2.75) is 37.7 Å². The Labute approximate surface area is 77.6 Å². The van der Waals surface area contributed by atoms with E-state index < -0.39 is 0 Å². The van der Waals surface area contributed by atoms with Gasteiger partial charge in [0.1, 0.15) is 12.2 Å². The van der Waals surface area contributed by atoms with E-state index in [0.29, 0.717) is 5.92 Å².